The van der Waals surface area contributed by atoms with Crippen molar-refractivity contribution < 1.29 is 4.39 Å². The van der Waals surface area contributed by atoms with Crippen LogP contribution in [0.4, 0.5) is 10.1 Å². The molecular weight excluding hydrogens is 319 g/mol. The molecule has 0 unspecified atom stereocenters. The first kappa shape index (κ1) is 14.5. The summed E-state index contributed by atoms with van der Waals surface area (Å²) in [6.07, 6.45) is 0.925. The van der Waals surface area contributed by atoms with E-state index in [1.54, 1.807) is 12.1 Å². The molecule has 0 aliphatic rings. The van der Waals surface area contributed by atoms with Gasteiger partial charge in [0.05, 0.1) is 5.56 Å². The molecule has 0 saturated heterocycles. The maximum Gasteiger partial charge on any atom is 0.140 e. The van der Waals surface area contributed by atoms with Gasteiger partial charge < -0.3 is 5.32 Å². The summed E-state index contributed by atoms with van der Waals surface area (Å²) in [5.74, 6) is -0.478. The lowest BCUT2D eigenvalue weighted by Gasteiger charge is -2.12. The number of nitrogens with one attached hydrogen (secondary N) is 1. The number of rotatable bonds is 4. The van der Waals surface area contributed by atoms with Crippen LogP contribution in [0.1, 0.15) is 23.6 Å². The van der Waals surface area contributed by atoms with Crippen molar-refractivity contribution in [2.75, 3.05) is 5.32 Å². The third-order valence-electron chi connectivity index (χ3n) is 3.08. The van der Waals surface area contributed by atoms with E-state index in [0.29, 0.717) is 6.54 Å². The molecule has 0 atom stereocenters. The van der Waals surface area contributed by atoms with E-state index >= 15 is 0 Å². The second-order valence-corrected chi connectivity index (χ2v) is 5.35. The van der Waals surface area contributed by atoms with Crippen LogP contribution >= 0.6 is 15.9 Å². The van der Waals surface area contributed by atoms with E-state index in [0.717, 1.165) is 22.1 Å². The van der Waals surface area contributed by atoms with Gasteiger partial charge in [-0.2, -0.15) is 5.26 Å². The van der Waals surface area contributed by atoms with E-state index in [-0.39, 0.29) is 5.56 Å². The molecule has 0 radical (unpaired) electrons. The smallest absolute Gasteiger partial charge is 0.140 e. The monoisotopic (exact) mass is 332 g/mol. The van der Waals surface area contributed by atoms with Gasteiger partial charge in [0.1, 0.15) is 11.9 Å². The summed E-state index contributed by atoms with van der Waals surface area (Å²) in [5.41, 5.74) is 3.23. The summed E-state index contributed by atoms with van der Waals surface area (Å²) < 4.78 is 14.3. The van der Waals surface area contributed by atoms with Crippen molar-refractivity contribution in [1.82, 2.24) is 0 Å². The molecule has 2 rings (SSSR count). The number of nitriles is 1. The van der Waals surface area contributed by atoms with Gasteiger partial charge in [0.15, 0.2) is 0 Å². The minimum atomic E-state index is -0.478. The molecule has 0 spiro atoms. The van der Waals surface area contributed by atoms with E-state index in [4.69, 9.17) is 5.26 Å². The van der Waals surface area contributed by atoms with E-state index in [2.05, 4.69) is 34.2 Å². The second kappa shape index (κ2) is 6.53. The fourth-order valence-electron chi connectivity index (χ4n) is 1.99. The van der Waals surface area contributed by atoms with Crippen molar-refractivity contribution in [3.8, 4) is 6.07 Å². The minimum absolute atomic E-state index is 0.0795. The predicted molar refractivity (Wildman–Crippen MR) is 82.0 cm³/mol. The van der Waals surface area contributed by atoms with Crippen LogP contribution in [-0.2, 0) is 13.0 Å². The Kier molecular flexibility index (Phi) is 4.75. The van der Waals surface area contributed by atoms with Gasteiger partial charge in [-0.25, -0.2) is 4.39 Å². The predicted octanol–water partition coefficient (Wildman–Crippen LogP) is 4.63. The first-order valence-electron chi connectivity index (χ1n) is 6.35. The van der Waals surface area contributed by atoms with Gasteiger partial charge in [-0.1, -0.05) is 28.9 Å². The normalized spacial score (nSPS) is 10.1. The molecule has 4 heteroatoms. The fraction of sp³-hybridized carbons (Fsp3) is 0.188. The van der Waals surface area contributed by atoms with Crippen molar-refractivity contribution >= 4 is 21.6 Å². The number of benzene rings is 2. The van der Waals surface area contributed by atoms with Gasteiger partial charge >= 0.3 is 0 Å². The molecule has 1 N–H and O–H groups in total. The first-order valence-corrected chi connectivity index (χ1v) is 7.14. The Bertz CT molecular complexity index is 662. The highest BCUT2D eigenvalue weighted by atomic mass is 79.9. The first-order chi connectivity index (χ1) is 9.63. The molecule has 0 heterocycles. The van der Waals surface area contributed by atoms with Crippen LogP contribution in [0.5, 0.6) is 0 Å². The Labute approximate surface area is 126 Å². The number of hydrogen-bond acceptors (Lipinski definition) is 2. The maximum atomic E-state index is 13.2. The lowest BCUT2D eigenvalue weighted by molar-refractivity contribution is 0.623. The van der Waals surface area contributed by atoms with Crippen LogP contribution in [0.3, 0.4) is 0 Å². The maximum absolute atomic E-state index is 13.2. The molecule has 0 saturated carbocycles. The number of nitrogens with zero attached hydrogens (tertiary/aromatic N) is 1. The molecule has 20 heavy (non-hydrogen) atoms. The molecule has 0 aromatic heterocycles. The van der Waals surface area contributed by atoms with Crippen LogP contribution in [0.2, 0.25) is 0 Å². The zero-order valence-corrected chi connectivity index (χ0v) is 12.7. The Morgan fingerprint density at radius 3 is 2.75 bits per heavy atom. The summed E-state index contributed by atoms with van der Waals surface area (Å²) in [7, 11) is 0. The van der Waals surface area contributed by atoms with Gasteiger partial charge in [0.25, 0.3) is 0 Å². The number of halogens is 2. The Morgan fingerprint density at radius 2 is 2.05 bits per heavy atom. The number of hydrogen-bond donors (Lipinski definition) is 1. The summed E-state index contributed by atoms with van der Waals surface area (Å²) in [6, 6.07) is 12.5. The molecule has 2 aromatic rings. The SMILES string of the molecule is CCc1cc(Br)ccc1NCc1ccc(F)c(C#N)c1. The van der Waals surface area contributed by atoms with E-state index in [1.807, 2.05) is 18.2 Å². The third kappa shape index (κ3) is 3.37. The highest BCUT2D eigenvalue weighted by Crippen LogP contribution is 2.22. The molecule has 2 aromatic carbocycles. The van der Waals surface area contributed by atoms with Crippen molar-refractivity contribution in [3.05, 3.63) is 63.4 Å². The molecular formula is C16H14BrFN2. The molecule has 0 amide bonds. The zero-order valence-electron chi connectivity index (χ0n) is 11.1. The van der Waals surface area contributed by atoms with Gasteiger partial charge in [-0.05, 0) is 47.9 Å². The summed E-state index contributed by atoms with van der Waals surface area (Å²) in [6.45, 7) is 2.65. The van der Waals surface area contributed by atoms with Crippen LogP contribution in [0.15, 0.2) is 40.9 Å². The van der Waals surface area contributed by atoms with Crippen molar-refractivity contribution in [2.45, 2.75) is 19.9 Å². The van der Waals surface area contributed by atoms with E-state index < -0.39 is 5.82 Å². The van der Waals surface area contributed by atoms with Crippen molar-refractivity contribution in [1.29, 1.82) is 5.26 Å². The lowest BCUT2D eigenvalue weighted by Crippen LogP contribution is -2.03. The fourth-order valence-corrected chi connectivity index (χ4v) is 2.40. The Hall–Kier alpha value is -1.86. The van der Waals surface area contributed by atoms with Gasteiger partial charge in [0.2, 0.25) is 0 Å². The summed E-state index contributed by atoms with van der Waals surface area (Å²) >= 11 is 3.45. The Morgan fingerprint density at radius 1 is 1.25 bits per heavy atom. The van der Waals surface area contributed by atoms with E-state index in [9.17, 15) is 4.39 Å². The topological polar surface area (TPSA) is 35.8 Å². The highest BCUT2D eigenvalue weighted by molar-refractivity contribution is 9.10. The Balaban J connectivity index is 2.15. The highest BCUT2D eigenvalue weighted by Gasteiger charge is 2.04. The van der Waals surface area contributed by atoms with Crippen LogP contribution in [-0.4, -0.2) is 0 Å². The average molecular weight is 333 g/mol. The quantitative estimate of drug-likeness (QED) is 0.885. The second-order valence-electron chi connectivity index (χ2n) is 4.43. The van der Waals surface area contributed by atoms with E-state index in [1.165, 1.54) is 11.6 Å². The molecule has 0 aliphatic carbocycles. The standard InChI is InChI=1S/C16H14BrFN2/c1-2-12-8-14(17)4-6-16(12)20-10-11-3-5-15(18)13(7-11)9-19/h3-8,20H,2,10H2,1H3. The van der Waals surface area contributed by atoms with Crippen molar-refractivity contribution in [3.63, 3.8) is 0 Å². The van der Waals surface area contributed by atoms with Gasteiger partial charge in [-0.3, -0.25) is 0 Å². The number of aryl methyl sites for hydroxylation is 1. The van der Waals surface area contributed by atoms with Gasteiger partial charge in [0, 0.05) is 16.7 Å². The lowest BCUT2D eigenvalue weighted by atomic mass is 10.1. The largest absolute Gasteiger partial charge is 0.381 e. The minimum Gasteiger partial charge on any atom is -0.381 e. The molecule has 102 valence electrons. The van der Waals surface area contributed by atoms with Crippen LogP contribution in [0, 0.1) is 17.1 Å². The average Bonchev–Trinajstić information content (AvgIpc) is 2.47. The molecule has 0 bridgehead atoms. The van der Waals surface area contributed by atoms with Crippen LogP contribution in [0.25, 0.3) is 0 Å². The van der Waals surface area contributed by atoms with Gasteiger partial charge in [-0.15, -0.1) is 0 Å². The number of anilines is 1. The zero-order chi connectivity index (χ0) is 14.5. The summed E-state index contributed by atoms with van der Waals surface area (Å²) in [4.78, 5) is 0. The van der Waals surface area contributed by atoms with Crippen molar-refractivity contribution in [2.24, 2.45) is 0 Å². The van der Waals surface area contributed by atoms with Crippen LogP contribution < -0.4 is 5.32 Å². The molecule has 0 aliphatic heterocycles. The summed E-state index contributed by atoms with van der Waals surface area (Å²) in [5, 5.41) is 12.2. The third-order valence-corrected chi connectivity index (χ3v) is 3.58. The molecule has 2 nitrogen and oxygen atoms in total. The molecule has 0 fully saturated rings.